The number of methoxy groups -OCH3 is 1. The minimum absolute atomic E-state index is 0.121. The van der Waals surface area contributed by atoms with E-state index in [1.807, 2.05) is 42.7 Å². The predicted molar refractivity (Wildman–Crippen MR) is 116 cm³/mol. The van der Waals surface area contributed by atoms with Crippen molar-refractivity contribution in [2.45, 2.75) is 51.9 Å². The number of benzene rings is 1. The number of ether oxygens (including phenoxy) is 2. The maximum absolute atomic E-state index is 13.4. The number of nitrogens with one attached hydrogen (secondary N) is 1. The van der Waals surface area contributed by atoms with E-state index in [1.54, 1.807) is 7.11 Å². The van der Waals surface area contributed by atoms with Crippen LogP contribution >= 0.6 is 0 Å². The highest BCUT2D eigenvalue weighted by atomic mass is 16.5. The van der Waals surface area contributed by atoms with Gasteiger partial charge in [-0.15, -0.1) is 0 Å². The quantitative estimate of drug-likeness (QED) is 0.616. The monoisotopic (exact) mass is 409 g/mol. The molecule has 1 aliphatic carbocycles. The molecular formula is C22H27N5O3. The molecule has 1 aromatic carbocycles. The van der Waals surface area contributed by atoms with E-state index in [-0.39, 0.29) is 23.4 Å². The summed E-state index contributed by atoms with van der Waals surface area (Å²) in [6.45, 7) is 6.51. The standard InChI is InChI=1S/C22H27N5O3/c1-13(2)30-21-17(20(28)26-15-7-5-14(6-8-15)11-29-4)16-18(23)24-12-25-19(16)27(21)22(3)9-10-22/h5-8,12-13H,9-11H2,1-4H3,(H,26,28)(H2,23,24,25). The highest BCUT2D eigenvalue weighted by molar-refractivity contribution is 6.17. The summed E-state index contributed by atoms with van der Waals surface area (Å²) in [5, 5.41) is 3.48. The largest absolute Gasteiger partial charge is 0.475 e. The van der Waals surface area contributed by atoms with Gasteiger partial charge in [-0.1, -0.05) is 12.1 Å². The third-order valence-electron chi connectivity index (χ3n) is 5.35. The summed E-state index contributed by atoms with van der Waals surface area (Å²) in [5.41, 5.74) is 8.74. The molecule has 1 amide bonds. The topological polar surface area (TPSA) is 104 Å². The van der Waals surface area contributed by atoms with Crippen LogP contribution in [0.1, 0.15) is 49.5 Å². The number of anilines is 2. The first-order valence-electron chi connectivity index (χ1n) is 10.1. The zero-order valence-electron chi connectivity index (χ0n) is 17.7. The maximum atomic E-state index is 13.4. The van der Waals surface area contributed by atoms with Crippen molar-refractivity contribution >= 4 is 28.4 Å². The third-order valence-corrected chi connectivity index (χ3v) is 5.35. The summed E-state index contributed by atoms with van der Waals surface area (Å²) in [6.07, 6.45) is 3.27. The van der Waals surface area contributed by atoms with Gasteiger partial charge in [0.15, 0.2) is 0 Å². The van der Waals surface area contributed by atoms with Crippen molar-refractivity contribution in [2.75, 3.05) is 18.2 Å². The lowest BCUT2D eigenvalue weighted by Crippen LogP contribution is -2.20. The molecule has 2 aromatic heterocycles. The molecule has 8 nitrogen and oxygen atoms in total. The van der Waals surface area contributed by atoms with Crippen LogP contribution in [0.3, 0.4) is 0 Å². The Morgan fingerprint density at radius 2 is 1.97 bits per heavy atom. The van der Waals surface area contributed by atoms with E-state index in [1.165, 1.54) is 6.33 Å². The molecular weight excluding hydrogens is 382 g/mol. The van der Waals surface area contributed by atoms with Gasteiger partial charge in [-0.25, -0.2) is 9.97 Å². The predicted octanol–water partition coefficient (Wildman–Crippen LogP) is 3.71. The van der Waals surface area contributed by atoms with Crippen molar-refractivity contribution in [2.24, 2.45) is 0 Å². The first-order valence-corrected chi connectivity index (χ1v) is 10.1. The fourth-order valence-corrected chi connectivity index (χ4v) is 3.61. The van der Waals surface area contributed by atoms with Gasteiger partial charge in [0.1, 0.15) is 23.4 Å². The van der Waals surface area contributed by atoms with Gasteiger partial charge in [0.2, 0.25) is 5.88 Å². The number of hydrogen-bond acceptors (Lipinski definition) is 6. The zero-order chi connectivity index (χ0) is 21.5. The molecule has 0 unspecified atom stereocenters. The molecule has 1 aliphatic rings. The molecule has 3 aromatic rings. The molecule has 2 heterocycles. The highest BCUT2D eigenvalue weighted by Crippen LogP contribution is 2.50. The molecule has 8 heteroatoms. The van der Waals surface area contributed by atoms with Crippen LogP contribution in [-0.2, 0) is 16.9 Å². The van der Waals surface area contributed by atoms with Crippen LogP contribution in [0.15, 0.2) is 30.6 Å². The van der Waals surface area contributed by atoms with Gasteiger partial charge >= 0.3 is 0 Å². The van der Waals surface area contributed by atoms with Gasteiger partial charge in [0.05, 0.1) is 18.1 Å². The van der Waals surface area contributed by atoms with Gasteiger partial charge in [0.25, 0.3) is 5.91 Å². The Kier molecular flexibility index (Phi) is 5.11. The molecule has 30 heavy (non-hydrogen) atoms. The van der Waals surface area contributed by atoms with Gasteiger partial charge in [-0.3, -0.25) is 9.36 Å². The van der Waals surface area contributed by atoms with Crippen LogP contribution in [0.4, 0.5) is 11.5 Å². The van der Waals surface area contributed by atoms with E-state index >= 15 is 0 Å². The SMILES string of the molecule is COCc1ccc(NC(=O)c2c(OC(C)C)n(C3(C)CC3)c3ncnc(N)c23)cc1. The number of rotatable bonds is 7. The van der Waals surface area contributed by atoms with Crippen LogP contribution < -0.4 is 15.8 Å². The number of amides is 1. The summed E-state index contributed by atoms with van der Waals surface area (Å²) >= 11 is 0. The summed E-state index contributed by atoms with van der Waals surface area (Å²) in [6, 6.07) is 7.51. The molecule has 0 atom stereocenters. The molecule has 1 fully saturated rings. The van der Waals surface area contributed by atoms with Crippen LogP contribution in [0, 0.1) is 0 Å². The first-order chi connectivity index (χ1) is 14.3. The average Bonchev–Trinajstić information content (AvgIpc) is 3.33. The number of hydrogen-bond donors (Lipinski definition) is 2. The van der Waals surface area contributed by atoms with Crippen LogP contribution in [0.2, 0.25) is 0 Å². The molecule has 0 radical (unpaired) electrons. The second-order valence-electron chi connectivity index (χ2n) is 8.22. The van der Waals surface area contributed by atoms with Gasteiger partial charge in [0, 0.05) is 18.3 Å². The minimum Gasteiger partial charge on any atom is -0.475 e. The van der Waals surface area contributed by atoms with Gasteiger partial charge < -0.3 is 20.5 Å². The average molecular weight is 409 g/mol. The van der Waals surface area contributed by atoms with Crippen molar-refractivity contribution in [3.05, 3.63) is 41.7 Å². The van der Waals surface area contributed by atoms with Gasteiger partial charge in [-0.2, -0.15) is 0 Å². The van der Waals surface area contributed by atoms with Crippen molar-refractivity contribution in [1.29, 1.82) is 0 Å². The summed E-state index contributed by atoms with van der Waals surface area (Å²) < 4.78 is 13.3. The Labute approximate surface area is 175 Å². The van der Waals surface area contributed by atoms with Crippen molar-refractivity contribution in [3.8, 4) is 5.88 Å². The number of nitrogens with two attached hydrogens (primary N) is 1. The summed E-state index contributed by atoms with van der Waals surface area (Å²) in [5.74, 6) is 0.442. The van der Waals surface area contributed by atoms with E-state index < -0.39 is 0 Å². The van der Waals surface area contributed by atoms with Crippen LogP contribution in [-0.4, -0.2) is 33.7 Å². The fourth-order valence-electron chi connectivity index (χ4n) is 3.61. The molecule has 0 bridgehead atoms. The van der Waals surface area contributed by atoms with Crippen molar-refractivity contribution < 1.29 is 14.3 Å². The van der Waals surface area contributed by atoms with E-state index in [9.17, 15) is 4.79 Å². The second-order valence-corrected chi connectivity index (χ2v) is 8.22. The van der Waals surface area contributed by atoms with E-state index in [4.69, 9.17) is 15.2 Å². The Morgan fingerprint density at radius 3 is 2.57 bits per heavy atom. The van der Waals surface area contributed by atoms with Crippen LogP contribution in [0.25, 0.3) is 11.0 Å². The number of carbonyl (C=O) groups excluding carboxylic acids is 1. The summed E-state index contributed by atoms with van der Waals surface area (Å²) in [7, 11) is 1.65. The second kappa shape index (κ2) is 7.60. The number of fused-ring (bicyclic) bond motifs is 1. The van der Waals surface area contributed by atoms with Crippen molar-refractivity contribution in [3.63, 3.8) is 0 Å². The number of nitrogens with zero attached hydrogens (tertiary/aromatic N) is 3. The Hall–Kier alpha value is -3.13. The van der Waals surface area contributed by atoms with E-state index in [0.717, 1.165) is 18.4 Å². The lowest BCUT2D eigenvalue weighted by atomic mass is 10.2. The number of aromatic nitrogens is 3. The van der Waals surface area contributed by atoms with Gasteiger partial charge in [-0.05, 0) is 51.3 Å². The Balaban J connectivity index is 1.81. The number of carbonyl (C=O) groups is 1. The molecule has 3 N–H and O–H groups in total. The Bertz CT molecular complexity index is 1080. The minimum atomic E-state index is -0.306. The number of nitrogen functional groups attached to an aromatic ring is 1. The molecule has 1 saturated carbocycles. The highest BCUT2D eigenvalue weighted by Gasteiger charge is 2.45. The molecule has 158 valence electrons. The molecule has 0 aliphatic heterocycles. The molecule has 4 rings (SSSR count). The smallest absolute Gasteiger partial charge is 0.261 e. The lowest BCUT2D eigenvalue weighted by Gasteiger charge is -2.19. The fraction of sp³-hybridized carbons (Fsp3) is 0.409. The third kappa shape index (κ3) is 3.59. The molecule has 0 spiro atoms. The molecule has 0 saturated heterocycles. The zero-order valence-corrected chi connectivity index (χ0v) is 17.7. The van der Waals surface area contributed by atoms with Crippen LogP contribution in [0.5, 0.6) is 5.88 Å². The normalized spacial score (nSPS) is 14.8. The first kappa shape index (κ1) is 20.2. The summed E-state index contributed by atoms with van der Waals surface area (Å²) in [4.78, 5) is 22.0. The van der Waals surface area contributed by atoms with Crippen molar-refractivity contribution in [1.82, 2.24) is 14.5 Å². The van der Waals surface area contributed by atoms with E-state index in [2.05, 4.69) is 22.2 Å². The van der Waals surface area contributed by atoms with E-state index in [0.29, 0.717) is 34.8 Å². The lowest BCUT2D eigenvalue weighted by molar-refractivity contribution is 0.102. The maximum Gasteiger partial charge on any atom is 0.261 e. The Morgan fingerprint density at radius 1 is 1.27 bits per heavy atom.